The number of rotatable bonds is 7. The number of hydrogen-bond acceptors (Lipinski definition) is 4. The molecule has 6 heteroatoms. The average Bonchev–Trinajstić information content (AvgIpc) is 3.18. The van der Waals surface area contributed by atoms with Gasteiger partial charge in [-0.1, -0.05) is 24.3 Å². The Morgan fingerprint density at radius 3 is 2.89 bits per heavy atom. The van der Waals surface area contributed by atoms with Gasteiger partial charge in [-0.2, -0.15) is 0 Å². The summed E-state index contributed by atoms with van der Waals surface area (Å²) in [5, 5.41) is 6.73. The van der Waals surface area contributed by atoms with Gasteiger partial charge in [0, 0.05) is 39.3 Å². The van der Waals surface area contributed by atoms with E-state index in [1.54, 1.807) is 0 Å². The van der Waals surface area contributed by atoms with E-state index >= 15 is 0 Å². The Hall–Kier alpha value is -1.63. The summed E-state index contributed by atoms with van der Waals surface area (Å²) in [4.78, 5) is 7.21. The third-order valence-corrected chi connectivity index (χ3v) is 5.01. The standard InChI is InChI=1S/C21H34N4O2/c1-3-22-21(24-14-20-8-5-10-27-20)23-13-18-6-4-7-19(12-18)16-25-9-11-26-17(2)15-25/h4,6-7,12,17,20H,3,5,8-11,13-16H2,1-2H3,(H2,22,23,24). The fraction of sp³-hybridized carbons (Fsp3) is 0.667. The first-order valence-corrected chi connectivity index (χ1v) is 10.3. The van der Waals surface area contributed by atoms with Crippen molar-refractivity contribution in [2.45, 2.75) is 52.0 Å². The van der Waals surface area contributed by atoms with Crippen molar-refractivity contribution in [3.63, 3.8) is 0 Å². The van der Waals surface area contributed by atoms with Gasteiger partial charge in [0.25, 0.3) is 0 Å². The molecule has 0 amide bonds. The molecule has 0 radical (unpaired) electrons. The summed E-state index contributed by atoms with van der Waals surface area (Å²) in [6.45, 7) is 11.3. The molecule has 1 aromatic rings. The number of nitrogens with zero attached hydrogens (tertiary/aromatic N) is 2. The molecule has 0 saturated carbocycles. The summed E-state index contributed by atoms with van der Waals surface area (Å²) in [7, 11) is 0. The van der Waals surface area contributed by atoms with E-state index in [0.29, 0.717) is 18.8 Å². The van der Waals surface area contributed by atoms with Gasteiger partial charge in [-0.15, -0.1) is 0 Å². The highest BCUT2D eigenvalue weighted by molar-refractivity contribution is 5.79. The van der Waals surface area contributed by atoms with Crippen molar-refractivity contribution in [1.29, 1.82) is 0 Å². The van der Waals surface area contributed by atoms with Crippen LogP contribution in [0.4, 0.5) is 0 Å². The highest BCUT2D eigenvalue weighted by atomic mass is 16.5. The summed E-state index contributed by atoms with van der Waals surface area (Å²) in [6, 6.07) is 8.76. The summed E-state index contributed by atoms with van der Waals surface area (Å²) in [5.41, 5.74) is 2.58. The molecule has 2 fully saturated rings. The van der Waals surface area contributed by atoms with E-state index in [1.807, 2.05) is 0 Å². The highest BCUT2D eigenvalue weighted by Gasteiger charge is 2.17. The predicted molar refractivity (Wildman–Crippen MR) is 109 cm³/mol. The van der Waals surface area contributed by atoms with Crippen LogP contribution in [0.15, 0.2) is 29.3 Å². The molecule has 2 unspecified atom stereocenters. The molecule has 2 aliphatic heterocycles. The zero-order valence-corrected chi connectivity index (χ0v) is 16.7. The lowest BCUT2D eigenvalue weighted by Crippen LogP contribution is -2.41. The first-order chi connectivity index (χ1) is 13.2. The van der Waals surface area contributed by atoms with Gasteiger partial charge >= 0.3 is 0 Å². The number of guanidine groups is 1. The second kappa shape index (κ2) is 10.6. The van der Waals surface area contributed by atoms with E-state index in [-0.39, 0.29) is 0 Å². The van der Waals surface area contributed by atoms with Gasteiger partial charge in [0.1, 0.15) is 0 Å². The van der Waals surface area contributed by atoms with Crippen LogP contribution in [0.1, 0.15) is 37.8 Å². The van der Waals surface area contributed by atoms with Crippen LogP contribution in [0.3, 0.4) is 0 Å². The molecule has 3 rings (SSSR count). The van der Waals surface area contributed by atoms with Gasteiger partial charge in [0.15, 0.2) is 5.96 Å². The number of nitrogens with one attached hydrogen (secondary N) is 2. The molecule has 0 spiro atoms. The van der Waals surface area contributed by atoms with Gasteiger partial charge in [0.05, 0.1) is 25.4 Å². The van der Waals surface area contributed by atoms with Crippen LogP contribution in [0.25, 0.3) is 0 Å². The summed E-state index contributed by atoms with van der Waals surface area (Å²) in [5.74, 6) is 0.861. The maximum Gasteiger partial charge on any atom is 0.191 e. The minimum absolute atomic E-state index is 0.313. The lowest BCUT2D eigenvalue weighted by Gasteiger charge is -2.31. The summed E-state index contributed by atoms with van der Waals surface area (Å²) < 4.78 is 11.3. The highest BCUT2D eigenvalue weighted by Crippen LogP contribution is 2.13. The van der Waals surface area contributed by atoms with Gasteiger partial charge < -0.3 is 20.1 Å². The van der Waals surface area contributed by atoms with E-state index < -0.39 is 0 Å². The Labute approximate surface area is 163 Å². The minimum atomic E-state index is 0.313. The molecule has 2 atom stereocenters. The number of aliphatic imine (C=N–C) groups is 1. The molecule has 0 aromatic heterocycles. The molecule has 2 N–H and O–H groups in total. The Bertz CT molecular complexity index is 602. The smallest absolute Gasteiger partial charge is 0.191 e. The first-order valence-electron chi connectivity index (χ1n) is 10.3. The minimum Gasteiger partial charge on any atom is -0.376 e. The summed E-state index contributed by atoms with van der Waals surface area (Å²) >= 11 is 0. The fourth-order valence-electron chi connectivity index (χ4n) is 3.65. The Kier molecular flexibility index (Phi) is 7.93. The first kappa shape index (κ1) is 20.1. The predicted octanol–water partition coefficient (Wildman–Crippen LogP) is 2.14. The van der Waals surface area contributed by atoms with Crippen LogP contribution >= 0.6 is 0 Å². The lowest BCUT2D eigenvalue weighted by atomic mass is 10.1. The maximum atomic E-state index is 5.68. The van der Waals surface area contributed by atoms with Crippen molar-refractivity contribution in [2.24, 2.45) is 4.99 Å². The largest absolute Gasteiger partial charge is 0.376 e. The molecule has 27 heavy (non-hydrogen) atoms. The van der Waals surface area contributed by atoms with Crippen LogP contribution in [0.5, 0.6) is 0 Å². The van der Waals surface area contributed by atoms with Crippen LogP contribution in [0.2, 0.25) is 0 Å². The van der Waals surface area contributed by atoms with E-state index in [4.69, 9.17) is 14.5 Å². The molecule has 0 bridgehead atoms. The molecule has 150 valence electrons. The number of hydrogen-bond donors (Lipinski definition) is 2. The molecule has 2 saturated heterocycles. The third kappa shape index (κ3) is 6.79. The Morgan fingerprint density at radius 1 is 1.22 bits per heavy atom. The van der Waals surface area contributed by atoms with Crippen molar-refractivity contribution >= 4 is 5.96 Å². The molecule has 1 aromatic carbocycles. The van der Waals surface area contributed by atoms with E-state index in [9.17, 15) is 0 Å². The molecular weight excluding hydrogens is 340 g/mol. The summed E-state index contributed by atoms with van der Waals surface area (Å²) in [6.07, 6.45) is 2.93. The van der Waals surface area contributed by atoms with Crippen molar-refractivity contribution in [1.82, 2.24) is 15.5 Å². The normalized spacial score (nSPS) is 24.1. The van der Waals surface area contributed by atoms with Crippen molar-refractivity contribution in [3.05, 3.63) is 35.4 Å². The SMILES string of the molecule is CCNC(=NCc1cccc(CN2CCOC(C)C2)c1)NCC1CCCO1. The maximum absolute atomic E-state index is 5.68. The topological polar surface area (TPSA) is 58.1 Å². The Balaban J connectivity index is 1.53. The van der Waals surface area contributed by atoms with Gasteiger partial charge in [0.2, 0.25) is 0 Å². The number of benzene rings is 1. The molecule has 6 nitrogen and oxygen atoms in total. The number of morpholine rings is 1. The van der Waals surface area contributed by atoms with Gasteiger partial charge in [-0.25, -0.2) is 4.99 Å². The zero-order chi connectivity index (χ0) is 18.9. The van der Waals surface area contributed by atoms with Gasteiger partial charge in [-0.05, 0) is 37.8 Å². The molecular formula is C21H34N4O2. The van der Waals surface area contributed by atoms with E-state index in [1.165, 1.54) is 11.1 Å². The van der Waals surface area contributed by atoms with Crippen LogP contribution < -0.4 is 10.6 Å². The van der Waals surface area contributed by atoms with E-state index in [0.717, 1.165) is 64.7 Å². The van der Waals surface area contributed by atoms with Crippen LogP contribution in [0, 0.1) is 0 Å². The van der Waals surface area contributed by atoms with Crippen molar-refractivity contribution in [2.75, 3.05) is 39.4 Å². The number of ether oxygens (including phenoxy) is 2. The molecule has 2 aliphatic rings. The average molecular weight is 375 g/mol. The molecule has 0 aliphatic carbocycles. The van der Waals surface area contributed by atoms with Crippen molar-refractivity contribution < 1.29 is 9.47 Å². The van der Waals surface area contributed by atoms with Crippen molar-refractivity contribution in [3.8, 4) is 0 Å². The third-order valence-electron chi connectivity index (χ3n) is 5.01. The monoisotopic (exact) mass is 374 g/mol. The van der Waals surface area contributed by atoms with Crippen LogP contribution in [-0.2, 0) is 22.6 Å². The fourth-order valence-corrected chi connectivity index (χ4v) is 3.65. The second-order valence-electron chi connectivity index (χ2n) is 7.45. The second-order valence-corrected chi connectivity index (χ2v) is 7.45. The lowest BCUT2D eigenvalue weighted by molar-refractivity contribution is -0.0212. The zero-order valence-electron chi connectivity index (χ0n) is 16.7. The van der Waals surface area contributed by atoms with Gasteiger partial charge in [-0.3, -0.25) is 4.90 Å². The molecule has 2 heterocycles. The van der Waals surface area contributed by atoms with Crippen LogP contribution in [-0.4, -0.2) is 62.5 Å². The van der Waals surface area contributed by atoms with E-state index in [2.05, 4.69) is 53.6 Å². The quantitative estimate of drug-likeness (QED) is 0.566. The Morgan fingerprint density at radius 2 is 2.11 bits per heavy atom.